The first-order chi connectivity index (χ1) is 18.9. The molecule has 1 amide bonds. The third-order valence-corrected chi connectivity index (χ3v) is 7.54. The highest BCUT2D eigenvalue weighted by atomic mass is 35.5. The van der Waals surface area contributed by atoms with Crippen molar-refractivity contribution in [1.82, 2.24) is 20.2 Å². The van der Waals surface area contributed by atoms with E-state index in [1.807, 2.05) is 49.0 Å². The van der Waals surface area contributed by atoms with Gasteiger partial charge in [0.25, 0.3) is 0 Å². The van der Waals surface area contributed by atoms with E-state index < -0.39 is 17.2 Å². The number of carbonyl (C=O) groups is 1. The number of alkyl halides is 3. The van der Waals surface area contributed by atoms with Gasteiger partial charge in [0.15, 0.2) is 0 Å². The van der Waals surface area contributed by atoms with Crippen LogP contribution < -0.4 is 15.0 Å². The molecule has 214 valence electrons. The average Bonchev–Trinajstić information content (AvgIpc) is 2.92. The van der Waals surface area contributed by atoms with Gasteiger partial charge >= 0.3 is 6.18 Å². The molecule has 1 N–H and O–H groups in total. The Morgan fingerprint density at radius 3 is 2.48 bits per heavy atom. The van der Waals surface area contributed by atoms with Crippen LogP contribution in [-0.4, -0.2) is 67.7 Å². The number of rotatable bonds is 8. The molecule has 11 heteroatoms. The van der Waals surface area contributed by atoms with Crippen LogP contribution in [-0.2, 0) is 16.4 Å². The topological polar surface area (TPSA) is 70.6 Å². The number of anilines is 1. The number of likely N-dealkylation sites (N-methyl/N-ethyl adjacent to an activating group) is 1. The van der Waals surface area contributed by atoms with Crippen LogP contribution in [0.1, 0.15) is 30.9 Å². The van der Waals surface area contributed by atoms with E-state index in [0.29, 0.717) is 49.7 Å². The second kappa shape index (κ2) is 12.0. The van der Waals surface area contributed by atoms with Gasteiger partial charge in [-0.15, -0.1) is 0 Å². The average molecular weight is 576 g/mol. The second-order valence-corrected chi connectivity index (χ2v) is 10.8. The van der Waals surface area contributed by atoms with Gasteiger partial charge in [-0.3, -0.25) is 9.78 Å². The van der Waals surface area contributed by atoms with Crippen LogP contribution in [0.3, 0.4) is 0 Å². The summed E-state index contributed by atoms with van der Waals surface area (Å²) in [5, 5.41) is 3.20. The molecule has 1 aliphatic rings. The molecule has 1 saturated heterocycles. The molecule has 1 aliphatic heterocycles. The number of amides is 1. The summed E-state index contributed by atoms with van der Waals surface area (Å²) in [6, 6.07) is 10.7. The van der Waals surface area contributed by atoms with Gasteiger partial charge in [-0.05, 0) is 75.8 Å². The van der Waals surface area contributed by atoms with Crippen molar-refractivity contribution < 1.29 is 22.7 Å². The van der Waals surface area contributed by atoms with Gasteiger partial charge in [0.2, 0.25) is 11.8 Å². The number of methoxy groups -OCH3 is 1. The number of nitrogens with zero attached hydrogens (tertiary/aromatic N) is 4. The minimum absolute atomic E-state index is 0.0304. The smallest absolute Gasteiger partial charge is 0.416 e. The van der Waals surface area contributed by atoms with Crippen molar-refractivity contribution in [3.05, 3.63) is 71.0 Å². The number of piperidine rings is 1. The van der Waals surface area contributed by atoms with Gasteiger partial charge in [-0.2, -0.15) is 13.2 Å². The normalized spacial score (nSPS) is 16.1. The van der Waals surface area contributed by atoms with Crippen LogP contribution in [0.4, 0.5) is 18.9 Å². The van der Waals surface area contributed by atoms with Crippen molar-refractivity contribution in [1.29, 1.82) is 0 Å². The molecule has 1 fully saturated rings. The maximum Gasteiger partial charge on any atom is 0.416 e. The Morgan fingerprint density at radius 1 is 1.18 bits per heavy atom. The molecule has 4 rings (SSSR count). The number of carbonyl (C=O) groups excluding carboxylic acids is 1. The number of benzene rings is 1. The monoisotopic (exact) mass is 575 g/mol. The Bertz CT molecular complexity index is 1330. The summed E-state index contributed by atoms with van der Waals surface area (Å²) in [5.41, 5.74) is 1.02. The maximum absolute atomic E-state index is 13.9. The fourth-order valence-electron chi connectivity index (χ4n) is 5.26. The summed E-state index contributed by atoms with van der Waals surface area (Å²) in [5.74, 6) is 0.350. The van der Waals surface area contributed by atoms with E-state index in [0.717, 1.165) is 23.3 Å². The molecule has 40 heavy (non-hydrogen) atoms. The number of hydrogen-bond donors (Lipinski definition) is 1. The van der Waals surface area contributed by atoms with E-state index in [4.69, 9.17) is 16.3 Å². The Kier molecular flexibility index (Phi) is 8.90. The molecular weight excluding hydrogens is 543 g/mol. The lowest BCUT2D eigenvalue weighted by atomic mass is 9.72. The van der Waals surface area contributed by atoms with Gasteiger partial charge in [0, 0.05) is 38.1 Å². The minimum atomic E-state index is -4.47. The summed E-state index contributed by atoms with van der Waals surface area (Å²) in [6.07, 6.45) is -0.246. The Hall–Kier alpha value is -3.37. The zero-order chi connectivity index (χ0) is 29.1. The molecule has 1 atom stereocenters. The summed E-state index contributed by atoms with van der Waals surface area (Å²) >= 11 is 6.29. The molecule has 0 spiro atoms. The van der Waals surface area contributed by atoms with Gasteiger partial charge in [0.1, 0.15) is 0 Å². The van der Waals surface area contributed by atoms with Crippen molar-refractivity contribution in [3.63, 3.8) is 0 Å². The first kappa shape index (κ1) is 29.6. The third-order valence-electron chi connectivity index (χ3n) is 7.24. The van der Waals surface area contributed by atoms with Crippen molar-refractivity contribution in [2.24, 2.45) is 0 Å². The molecule has 2 aromatic heterocycles. The fourth-order valence-corrected chi connectivity index (χ4v) is 5.56. The van der Waals surface area contributed by atoms with E-state index in [-0.39, 0.29) is 17.0 Å². The molecular formula is C29H33ClF3N5O2. The first-order valence-corrected chi connectivity index (χ1v) is 13.4. The Labute approximate surface area is 237 Å². The van der Waals surface area contributed by atoms with Crippen LogP contribution in [0.2, 0.25) is 5.02 Å². The minimum Gasteiger partial charge on any atom is -0.481 e. The lowest BCUT2D eigenvalue weighted by Gasteiger charge is -2.42. The van der Waals surface area contributed by atoms with Gasteiger partial charge in [-0.25, -0.2) is 4.98 Å². The number of hydrogen-bond acceptors (Lipinski definition) is 6. The number of ether oxygens (including phenoxy) is 1. The number of halogens is 4. The third kappa shape index (κ3) is 6.33. The highest BCUT2D eigenvalue weighted by molar-refractivity contribution is 6.33. The SMILES string of the molecule is COc1ncccc1-c1ccc(C2(C(=O)N[C@@H](C)CN(C)C)CCN(c3ccc(C(F)(F)F)cc3Cl)CC2)cn1. The van der Waals surface area contributed by atoms with E-state index >= 15 is 0 Å². The molecule has 0 saturated carbocycles. The number of aromatic nitrogens is 2. The summed E-state index contributed by atoms with van der Waals surface area (Å²) in [4.78, 5) is 26.7. The zero-order valence-corrected chi connectivity index (χ0v) is 23.7. The lowest BCUT2D eigenvalue weighted by Crippen LogP contribution is -2.54. The maximum atomic E-state index is 13.9. The predicted molar refractivity (Wildman–Crippen MR) is 150 cm³/mol. The van der Waals surface area contributed by atoms with Crippen LogP contribution in [0.15, 0.2) is 54.9 Å². The van der Waals surface area contributed by atoms with Gasteiger partial charge < -0.3 is 19.9 Å². The van der Waals surface area contributed by atoms with Crippen LogP contribution in [0, 0.1) is 0 Å². The number of nitrogens with one attached hydrogen (secondary N) is 1. The molecule has 1 aromatic carbocycles. The van der Waals surface area contributed by atoms with Crippen LogP contribution >= 0.6 is 11.6 Å². The highest BCUT2D eigenvalue weighted by Crippen LogP contribution is 2.41. The molecule has 0 unspecified atom stereocenters. The molecule has 3 heterocycles. The van der Waals surface area contributed by atoms with Gasteiger partial charge in [0.05, 0.1) is 40.1 Å². The summed E-state index contributed by atoms with van der Waals surface area (Å²) in [7, 11) is 5.44. The second-order valence-electron chi connectivity index (χ2n) is 10.4. The molecule has 0 aliphatic carbocycles. The van der Waals surface area contributed by atoms with Crippen LogP contribution in [0.25, 0.3) is 11.3 Å². The standard InChI is InChI=1S/C29H33ClF3N5O2/c1-19(18-37(2)3)36-27(39)28(21-7-9-24(35-17-21)22-6-5-13-34-26(22)40-4)11-14-38(15-12-28)25-10-8-20(16-23(25)30)29(31,32)33/h5-10,13,16-17,19H,11-12,14-15,18H2,1-4H3,(H,36,39)/t19-/m0/s1. The quantitative estimate of drug-likeness (QED) is 0.386. The van der Waals surface area contributed by atoms with Crippen molar-refractivity contribution >= 4 is 23.2 Å². The van der Waals surface area contributed by atoms with E-state index in [2.05, 4.69) is 15.3 Å². The van der Waals surface area contributed by atoms with E-state index in [1.165, 1.54) is 6.07 Å². The zero-order valence-electron chi connectivity index (χ0n) is 22.9. The van der Waals surface area contributed by atoms with E-state index in [1.54, 1.807) is 25.6 Å². The molecule has 0 bridgehead atoms. The molecule has 0 radical (unpaired) electrons. The molecule has 3 aromatic rings. The molecule has 7 nitrogen and oxygen atoms in total. The Morgan fingerprint density at radius 2 is 1.90 bits per heavy atom. The fraction of sp³-hybridized carbons (Fsp3) is 0.414. The van der Waals surface area contributed by atoms with Gasteiger partial charge in [-0.1, -0.05) is 17.7 Å². The predicted octanol–water partition coefficient (Wildman–Crippen LogP) is 5.43. The van der Waals surface area contributed by atoms with Crippen molar-refractivity contribution in [3.8, 4) is 17.1 Å². The van der Waals surface area contributed by atoms with Crippen LogP contribution in [0.5, 0.6) is 5.88 Å². The lowest BCUT2D eigenvalue weighted by molar-refractivity contribution is -0.137. The van der Waals surface area contributed by atoms with E-state index in [9.17, 15) is 18.0 Å². The Balaban J connectivity index is 1.63. The first-order valence-electron chi connectivity index (χ1n) is 13.0. The highest BCUT2D eigenvalue weighted by Gasteiger charge is 2.44. The summed E-state index contributed by atoms with van der Waals surface area (Å²) < 4.78 is 44.8. The number of pyridine rings is 2. The summed E-state index contributed by atoms with van der Waals surface area (Å²) in [6.45, 7) is 3.49. The largest absolute Gasteiger partial charge is 0.481 e. The van der Waals surface area contributed by atoms with Crippen molar-refractivity contribution in [2.45, 2.75) is 37.4 Å². The van der Waals surface area contributed by atoms with Crippen molar-refractivity contribution in [2.75, 3.05) is 45.7 Å².